The van der Waals surface area contributed by atoms with Crippen molar-refractivity contribution in [2.24, 2.45) is 0 Å². The molecule has 0 radical (unpaired) electrons. The van der Waals surface area contributed by atoms with E-state index in [2.05, 4.69) is 27.1 Å². The number of thiophene rings is 1. The number of hydrogen-bond acceptors (Lipinski definition) is 8. The molecule has 0 saturated carbocycles. The molecule has 1 aromatic carbocycles. The van der Waals surface area contributed by atoms with Gasteiger partial charge in [0.05, 0.1) is 25.3 Å². The number of benzene rings is 1. The van der Waals surface area contributed by atoms with Crippen molar-refractivity contribution in [1.29, 1.82) is 0 Å². The maximum absolute atomic E-state index is 13.8. The molecular formula is C27H35N5O4S. The van der Waals surface area contributed by atoms with Gasteiger partial charge in [0.15, 0.2) is 0 Å². The average molecular weight is 526 g/mol. The first-order valence-corrected chi connectivity index (χ1v) is 13.2. The fourth-order valence-corrected chi connectivity index (χ4v) is 5.55. The van der Waals surface area contributed by atoms with Crippen molar-refractivity contribution in [3.63, 3.8) is 0 Å². The summed E-state index contributed by atoms with van der Waals surface area (Å²) < 4.78 is 11.9. The fraction of sp³-hybridized carbons (Fsp3) is 0.444. The molecular weight excluding hydrogens is 490 g/mol. The van der Waals surface area contributed by atoms with E-state index in [0.717, 1.165) is 53.9 Å². The summed E-state index contributed by atoms with van der Waals surface area (Å²) in [5.41, 5.74) is 1.81. The summed E-state index contributed by atoms with van der Waals surface area (Å²) in [6.07, 6.45) is 3.71. The number of amides is 2. The third-order valence-corrected chi connectivity index (χ3v) is 7.93. The summed E-state index contributed by atoms with van der Waals surface area (Å²) >= 11 is 1.45. The Balaban J connectivity index is 1.63. The number of rotatable bonds is 10. The number of fused-ring (bicyclic) bond motifs is 1. The predicted molar refractivity (Wildman–Crippen MR) is 147 cm³/mol. The van der Waals surface area contributed by atoms with Gasteiger partial charge in [-0.25, -0.2) is 0 Å². The zero-order chi connectivity index (χ0) is 26.4. The van der Waals surface area contributed by atoms with E-state index in [1.54, 1.807) is 33.7 Å². The van der Waals surface area contributed by atoms with Crippen LogP contribution in [0.1, 0.15) is 16.1 Å². The van der Waals surface area contributed by atoms with Crippen molar-refractivity contribution in [1.82, 2.24) is 25.0 Å². The van der Waals surface area contributed by atoms with Crippen LogP contribution in [-0.2, 0) is 4.79 Å². The number of pyridine rings is 1. The smallest absolute Gasteiger partial charge is 0.264 e. The van der Waals surface area contributed by atoms with Crippen molar-refractivity contribution < 1.29 is 19.1 Å². The number of likely N-dealkylation sites (N-methyl/N-ethyl adjacent to an activating group) is 1. The van der Waals surface area contributed by atoms with Crippen LogP contribution in [0.15, 0.2) is 36.7 Å². The van der Waals surface area contributed by atoms with E-state index in [0.29, 0.717) is 29.5 Å². The van der Waals surface area contributed by atoms with Crippen LogP contribution in [0.5, 0.6) is 11.5 Å². The molecule has 4 rings (SSSR count). The lowest BCUT2D eigenvalue weighted by molar-refractivity contribution is -0.120. The normalized spacial score (nSPS) is 14.5. The number of carbonyl (C=O) groups excluding carboxylic acids is 2. The molecule has 1 N–H and O–H groups in total. The SMILES string of the molecule is CNC(=O)CCN(CCN1CCN(C)CC1)C(=O)c1cc2cc(OC)cc(-c3cncc(OC)c3)c2s1. The van der Waals surface area contributed by atoms with E-state index in [1.807, 2.05) is 29.2 Å². The number of methoxy groups -OCH3 is 2. The largest absolute Gasteiger partial charge is 0.497 e. The second-order valence-electron chi connectivity index (χ2n) is 9.18. The molecule has 1 fully saturated rings. The zero-order valence-electron chi connectivity index (χ0n) is 22.0. The molecule has 10 heteroatoms. The Kier molecular flexibility index (Phi) is 8.96. The average Bonchev–Trinajstić information content (AvgIpc) is 3.37. The van der Waals surface area contributed by atoms with Gasteiger partial charge in [-0.15, -0.1) is 11.3 Å². The second-order valence-corrected chi connectivity index (χ2v) is 10.2. The number of ether oxygens (including phenoxy) is 2. The molecule has 0 unspecified atom stereocenters. The lowest BCUT2D eigenvalue weighted by atomic mass is 10.0. The highest BCUT2D eigenvalue weighted by Gasteiger charge is 2.23. The summed E-state index contributed by atoms with van der Waals surface area (Å²) in [4.78, 5) is 37.2. The van der Waals surface area contributed by atoms with E-state index < -0.39 is 0 Å². The van der Waals surface area contributed by atoms with Gasteiger partial charge in [0, 0.05) is 81.3 Å². The third kappa shape index (κ3) is 6.57. The van der Waals surface area contributed by atoms with Gasteiger partial charge >= 0.3 is 0 Å². The van der Waals surface area contributed by atoms with Gasteiger partial charge in [-0.05, 0) is 36.7 Å². The minimum absolute atomic E-state index is 0.0621. The van der Waals surface area contributed by atoms with Crippen molar-refractivity contribution in [2.45, 2.75) is 6.42 Å². The highest BCUT2D eigenvalue weighted by Crippen LogP contribution is 2.39. The Morgan fingerprint density at radius 2 is 1.78 bits per heavy atom. The topological polar surface area (TPSA) is 87.2 Å². The summed E-state index contributed by atoms with van der Waals surface area (Å²) in [6, 6.07) is 7.75. The molecule has 0 atom stereocenters. The van der Waals surface area contributed by atoms with Crippen LogP contribution >= 0.6 is 11.3 Å². The third-order valence-electron chi connectivity index (χ3n) is 6.75. The Morgan fingerprint density at radius 1 is 1.03 bits per heavy atom. The standard InChI is InChI=1S/C27H35N5O4S/c1-28-25(33)5-6-32(12-11-31-9-7-30(2)8-10-31)27(34)24-15-19-13-21(35-3)16-23(26(19)37-24)20-14-22(36-4)18-29-17-20/h13-18H,5-12H2,1-4H3,(H,28,33). The summed E-state index contributed by atoms with van der Waals surface area (Å²) in [7, 11) is 6.99. The zero-order valence-corrected chi connectivity index (χ0v) is 22.8. The number of aromatic nitrogens is 1. The Hall–Kier alpha value is -3.21. The number of carbonyl (C=O) groups is 2. The molecule has 3 aromatic rings. The maximum atomic E-state index is 13.8. The molecule has 0 bridgehead atoms. The second kappa shape index (κ2) is 12.4. The first-order chi connectivity index (χ1) is 17.9. The molecule has 3 heterocycles. The summed E-state index contributed by atoms with van der Waals surface area (Å²) in [5, 5.41) is 3.58. The molecule has 1 saturated heterocycles. The quantitative estimate of drug-likeness (QED) is 0.436. The lowest BCUT2D eigenvalue weighted by Crippen LogP contribution is -2.48. The summed E-state index contributed by atoms with van der Waals surface area (Å²) in [6.45, 7) is 5.73. The van der Waals surface area contributed by atoms with Crippen LogP contribution in [0.2, 0.25) is 0 Å². The molecule has 198 valence electrons. The molecule has 1 aliphatic heterocycles. The lowest BCUT2D eigenvalue weighted by Gasteiger charge is -2.34. The number of nitrogens with zero attached hydrogens (tertiary/aromatic N) is 4. The highest BCUT2D eigenvalue weighted by atomic mass is 32.1. The van der Waals surface area contributed by atoms with Crippen LogP contribution < -0.4 is 14.8 Å². The van der Waals surface area contributed by atoms with E-state index in [-0.39, 0.29) is 18.2 Å². The maximum Gasteiger partial charge on any atom is 0.264 e. The van der Waals surface area contributed by atoms with Crippen LogP contribution in [0.3, 0.4) is 0 Å². The summed E-state index contributed by atoms with van der Waals surface area (Å²) in [5.74, 6) is 1.22. The molecule has 0 aliphatic carbocycles. The number of hydrogen-bond donors (Lipinski definition) is 1. The monoisotopic (exact) mass is 525 g/mol. The minimum atomic E-state index is -0.0775. The molecule has 37 heavy (non-hydrogen) atoms. The van der Waals surface area contributed by atoms with Gasteiger partial charge in [-0.3, -0.25) is 19.5 Å². The van der Waals surface area contributed by atoms with Gasteiger partial charge in [0.25, 0.3) is 5.91 Å². The van der Waals surface area contributed by atoms with Crippen LogP contribution in [0, 0.1) is 0 Å². The van der Waals surface area contributed by atoms with Gasteiger partial charge in [-0.1, -0.05) is 0 Å². The van der Waals surface area contributed by atoms with Gasteiger partial charge < -0.3 is 24.6 Å². The first-order valence-electron chi connectivity index (χ1n) is 12.4. The number of piperazine rings is 1. The molecule has 2 aromatic heterocycles. The van der Waals surface area contributed by atoms with Crippen molar-refractivity contribution in [3.05, 3.63) is 41.5 Å². The fourth-order valence-electron chi connectivity index (χ4n) is 4.41. The highest BCUT2D eigenvalue weighted by molar-refractivity contribution is 7.21. The van der Waals surface area contributed by atoms with Crippen LogP contribution in [0.4, 0.5) is 0 Å². The van der Waals surface area contributed by atoms with Crippen LogP contribution in [0.25, 0.3) is 21.2 Å². The van der Waals surface area contributed by atoms with Crippen molar-refractivity contribution >= 4 is 33.2 Å². The van der Waals surface area contributed by atoms with E-state index in [1.165, 1.54) is 11.3 Å². The molecule has 1 aliphatic rings. The van der Waals surface area contributed by atoms with Gasteiger partial charge in [0.2, 0.25) is 5.91 Å². The van der Waals surface area contributed by atoms with E-state index in [9.17, 15) is 9.59 Å². The van der Waals surface area contributed by atoms with E-state index in [4.69, 9.17) is 9.47 Å². The Labute approximate surface area is 222 Å². The van der Waals surface area contributed by atoms with Gasteiger partial charge in [-0.2, -0.15) is 0 Å². The molecule has 9 nitrogen and oxygen atoms in total. The minimum Gasteiger partial charge on any atom is -0.497 e. The van der Waals surface area contributed by atoms with Crippen LogP contribution in [-0.4, -0.2) is 106 Å². The van der Waals surface area contributed by atoms with Crippen molar-refractivity contribution in [2.75, 3.05) is 74.1 Å². The molecule has 2 amide bonds. The van der Waals surface area contributed by atoms with Gasteiger partial charge in [0.1, 0.15) is 11.5 Å². The van der Waals surface area contributed by atoms with Crippen molar-refractivity contribution in [3.8, 4) is 22.6 Å². The molecule has 0 spiro atoms. The number of nitrogens with one attached hydrogen (secondary N) is 1. The Morgan fingerprint density at radius 3 is 2.49 bits per heavy atom. The predicted octanol–water partition coefficient (Wildman–Crippen LogP) is 2.81. The first kappa shape index (κ1) is 26.8. The Bertz CT molecular complexity index is 1240. The van der Waals surface area contributed by atoms with E-state index >= 15 is 0 Å².